The van der Waals surface area contributed by atoms with Crippen molar-refractivity contribution in [3.63, 3.8) is 0 Å². The van der Waals surface area contributed by atoms with E-state index in [-0.39, 0.29) is 11.3 Å². The minimum atomic E-state index is -0.981. The van der Waals surface area contributed by atoms with E-state index in [0.29, 0.717) is 11.3 Å². The molecule has 0 spiro atoms. The van der Waals surface area contributed by atoms with Crippen molar-refractivity contribution in [2.75, 3.05) is 5.75 Å². The monoisotopic (exact) mass is 280 g/mol. The predicted molar refractivity (Wildman–Crippen MR) is 73.6 cm³/mol. The Morgan fingerprint density at radius 2 is 2.05 bits per heavy atom. The zero-order valence-electron chi connectivity index (χ0n) is 10.5. The number of thioether (sulfide) groups is 1. The van der Waals surface area contributed by atoms with Crippen molar-refractivity contribution in [1.82, 2.24) is 4.90 Å². The highest BCUT2D eigenvalue weighted by Crippen LogP contribution is 2.31. The number of nitrogens with two attached hydrogens (primary N) is 1. The molecule has 0 radical (unpaired) electrons. The van der Waals surface area contributed by atoms with Gasteiger partial charge in [0, 0.05) is 5.75 Å². The summed E-state index contributed by atoms with van der Waals surface area (Å²) in [7, 11) is 0. The maximum absolute atomic E-state index is 12.4. The second-order valence-corrected chi connectivity index (χ2v) is 5.77. The molecule has 1 aliphatic heterocycles. The summed E-state index contributed by atoms with van der Waals surface area (Å²) in [6, 6.07) is 7.39. The van der Waals surface area contributed by atoms with E-state index in [9.17, 15) is 9.59 Å². The molecular weight excluding hydrogens is 264 g/mol. The molecule has 0 aromatic heterocycles. The average Bonchev–Trinajstić information content (AvgIpc) is 2.80. The number of aliphatic carboxylic acids is 1. The molecule has 1 amide bonds. The molecule has 3 atom stereocenters. The van der Waals surface area contributed by atoms with Gasteiger partial charge in [-0.3, -0.25) is 4.79 Å². The largest absolute Gasteiger partial charge is 0.480 e. The minimum Gasteiger partial charge on any atom is -0.480 e. The van der Waals surface area contributed by atoms with Crippen LogP contribution in [0.25, 0.3) is 0 Å². The minimum absolute atomic E-state index is 0.164. The summed E-state index contributed by atoms with van der Waals surface area (Å²) in [5, 5.41) is 8.99. The third-order valence-electron chi connectivity index (χ3n) is 3.19. The highest BCUT2D eigenvalue weighted by atomic mass is 32.2. The topological polar surface area (TPSA) is 83.6 Å². The number of rotatable bonds is 3. The summed E-state index contributed by atoms with van der Waals surface area (Å²) in [4.78, 5) is 24.9. The number of benzene rings is 1. The van der Waals surface area contributed by atoms with Gasteiger partial charge in [0.1, 0.15) is 12.1 Å². The summed E-state index contributed by atoms with van der Waals surface area (Å²) >= 11 is 1.45. The highest BCUT2D eigenvalue weighted by Gasteiger charge is 2.41. The third-order valence-corrected chi connectivity index (χ3v) is 4.40. The first-order valence-electron chi connectivity index (χ1n) is 5.99. The average molecular weight is 280 g/mol. The summed E-state index contributed by atoms with van der Waals surface area (Å²) in [6.45, 7) is 1.82. The van der Waals surface area contributed by atoms with E-state index in [1.54, 1.807) is 24.3 Å². The molecule has 6 heteroatoms. The van der Waals surface area contributed by atoms with Crippen molar-refractivity contribution in [3.8, 4) is 0 Å². The number of nitrogens with zero attached hydrogens (tertiary/aromatic N) is 1. The van der Waals surface area contributed by atoms with Crippen LogP contribution in [-0.2, 0) is 9.59 Å². The lowest BCUT2D eigenvalue weighted by Crippen LogP contribution is -2.48. The van der Waals surface area contributed by atoms with Gasteiger partial charge in [-0.15, -0.1) is 11.8 Å². The molecule has 1 saturated heterocycles. The zero-order chi connectivity index (χ0) is 14.0. The first-order valence-corrected chi connectivity index (χ1v) is 7.04. The molecule has 1 fully saturated rings. The molecule has 1 aromatic rings. The summed E-state index contributed by atoms with van der Waals surface area (Å²) in [5.41, 5.74) is 6.64. The Kier molecular flexibility index (Phi) is 4.11. The van der Waals surface area contributed by atoms with Gasteiger partial charge in [-0.25, -0.2) is 4.79 Å². The van der Waals surface area contributed by atoms with Crippen LogP contribution in [-0.4, -0.2) is 39.1 Å². The lowest BCUT2D eigenvalue weighted by atomic mass is 10.1. The maximum atomic E-state index is 12.4. The molecule has 2 rings (SSSR count). The fraction of sp³-hybridized carbons (Fsp3) is 0.385. The van der Waals surface area contributed by atoms with Crippen molar-refractivity contribution < 1.29 is 14.7 Å². The molecule has 0 bridgehead atoms. The van der Waals surface area contributed by atoms with Crippen LogP contribution in [0.2, 0.25) is 0 Å². The fourth-order valence-corrected chi connectivity index (χ4v) is 3.31. The Morgan fingerprint density at radius 3 is 2.63 bits per heavy atom. The van der Waals surface area contributed by atoms with Crippen LogP contribution >= 0.6 is 11.8 Å². The van der Waals surface area contributed by atoms with Crippen LogP contribution < -0.4 is 5.73 Å². The van der Waals surface area contributed by atoms with Crippen LogP contribution in [0.15, 0.2) is 30.3 Å². The van der Waals surface area contributed by atoms with Gasteiger partial charge in [-0.2, -0.15) is 0 Å². The number of carbonyl (C=O) groups is 2. The van der Waals surface area contributed by atoms with Gasteiger partial charge in [0.25, 0.3) is 0 Å². The van der Waals surface area contributed by atoms with E-state index in [1.807, 2.05) is 13.0 Å². The van der Waals surface area contributed by atoms with Gasteiger partial charge >= 0.3 is 5.97 Å². The second kappa shape index (κ2) is 5.63. The highest BCUT2D eigenvalue weighted by molar-refractivity contribution is 8.00. The van der Waals surface area contributed by atoms with Crippen molar-refractivity contribution in [1.29, 1.82) is 0 Å². The molecule has 0 saturated carbocycles. The molecular formula is C13H16N2O3S. The maximum Gasteiger partial charge on any atom is 0.327 e. The molecule has 2 unspecified atom stereocenters. The SMILES string of the molecule is CC1SCC(C(=O)O)N1C(=O)[C@@H](N)c1ccccc1. The van der Waals surface area contributed by atoms with Crippen molar-refractivity contribution >= 4 is 23.6 Å². The number of hydrogen-bond donors (Lipinski definition) is 2. The van der Waals surface area contributed by atoms with Crippen molar-refractivity contribution in [3.05, 3.63) is 35.9 Å². The Labute approximate surface area is 115 Å². The van der Waals surface area contributed by atoms with Gasteiger partial charge in [0.2, 0.25) is 5.91 Å². The summed E-state index contributed by atoms with van der Waals surface area (Å²) < 4.78 is 0. The number of amides is 1. The van der Waals surface area contributed by atoms with Crippen LogP contribution in [0, 0.1) is 0 Å². The van der Waals surface area contributed by atoms with Crippen LogP contribution in [0.3, 0.4) is 0 Å². The van der Waals surface area contributed by atoms with E-state index in [4.69, 9.17) is 10.8 Å². The molecule has 5 nitrogen and oxygen atoms in total. The van der Waals surface area contributed by atoms with Crippen molar-refractivity contribution in [2.24, 2.45) is 5.73 Å². The van der Waals surface area contributed by atoms with Crippen LogP contribution in [0.1, 0.15) is 18.5 Å². The molecule has 3 N–H and O–H groups in total. The van der Waals surface area contributed by atoms with Gasteiger partial charge < -0.3 is 15.7 Å². The lowest BCUT2D eigenvalue weighted by Gasteiger charge is -2.28. The number of hydrogen-bond acceptors (Lipinski definition) is 4. The Bertz CT molecular complexity index is 480. The fourth-order valence-electron chi connectivity index (χ4n) is 2.13. The number of carboxylic acids is 1. The summed E-state index contributed by atoms with van der Waals surface area (Å²) in [5.74, 6) is -0.912. The van der Waals surface area contributed by atoms with E-state index in [0.717, 1.165) is 0 Å². The summed E-state index contributed by atoms with van der Waals surface area (Å²) in [6.07, 6.45) is 0. The standard InChI is InChI=1S/C13H16N2O3S/c1-8-15(10(7-19-8)13(17)18)12(16)11(14)9-5-3-2-4-6-9/h2-6,8,10-11H,7,14H2,1H3,(H,17,18)/t8?,10?,11-/m0/s1. The molecule has 1 aromatic carbocycles. The van der Waals surface area contributed by atoms with E-state index in [2.05, 4.69) is 0 Å². The third kappa shape index (κ3) is 2.74. The van der Waals surface area contributed by atoms with Gasteiger partial charge in [0.15, 0.2) is 0 Å². The van der Waals surface area contributed by atoms with Crippen LogP contribution in [0.4, 0.5) is 0 Å². The number of carbonyl (C=O) groups excluding carboxylic acids is 1. The van der Waals surface area contributed by atoms with Gasteiger partial charge in [-0.1, -0.05) is 30.3 Å². The molecule has 102 valence electrons. The normalized spacial score (nSPS) is 24.2. The Balaban J connectivity index is 2.20. The van der Waals surface area contributed by atoms with E-state index >= 15 is 0 Å². The van der Waals surface area contributed by atoms with Crippen molar-refractivity contribution in [2.45, 2.75) is 24.4 Å². The van der Waals surface area contributed by atoms with E-state index < -0.39 is 18.1 Å². The van der Waals surface area contributed by atoms with Gasteiger partial charge in [0.05, 0.1) is 5.37 Å². The molecule has 1 heterocycles. The lowest BCUT2D eigenvalue weighted by molar-refractivity contribution is -0.149. The number of carboxylic acid groups (broad SMARTS) is 1. The zero-order valence-corrected chi connectivity index (χ0v) is 11.3. The Hall–Kier alpha value is -1.53. The second-order valence-electron chi connectivity index (χ2n) is 4.42. The predicted octanol–water partition coefficient (Wildman–Crippen LogP) is 1.06. The molecule has 1 aliphatic rings. The van der Waals surface area contributed by atoms with Crippen LogP contribution in [0.5, 0.6) is 0 Å². The Morgan fingerprint density at radius 1 is 1.42 bits per heavy atom. The van der Waals surface area contributed by atoms with Gasteiger partial charge in [-0.05, 0) is 12.5 Å². The first-order chi connectivity index (χ1) is 9.02. The quantitative estimate of drug-likeness (QED) is 0.865. The smallest absolute Gasteiger partial charge is 0.327 e. The van der Waals surface area contributed by atoms with E-state index in [1.165, 1.54) is 16.7 Å². The molecule has 19 heavy (non-hydrogen) atoms. The first kappa shape index (κ1) is 13.9. The molecule has 0 aliphatic carbocycles.